The number of primary amides is 1. The van der Waals surface area contributed by atoms with Gasteiger partial charge in [-0.2, -0.15) is 0 Å². The first-order chi connectivity index (χ1) is 15.1. The van der Waals surface area contributed by atoms with Crippen molar-refractivity contribution in [3.63, 3.8) is 0 Å². The lowest BCUT2D eigenvalue weighted by Crippen LogP contribution is -2.43. The largest absolute Gasteiger partial charge is 0.483 e. The first-order valence-corrected chi connectivity index (χ1v) is 12.0. The Hall–Kier alpha value is -3.07. The second-order valence-corrected chi connectivity index (χ2v) is 9.86. The number of nitrogens with zero attached hydrogens (tertiary/aromatic N) is 1. The highest BCUT2D eigenvalue weighted by atomic mass is 32.2. The highest BCUT2D eigenvalue weighted by molar-refractivity contribution is 7.92. The van der Waals surface area contributed by atoms with E-state index in [4.69, 9.17) is 10.5 Å². The summed E-state index contributed by atoms with van der Waals surface area (Å²) < 4.78 is 33.8. The number of ether oxygens (including phenoxy) is 1. The molecule has 9 heteroatoms. The van der Waals surface area contributed by atoms with Gasteiger partial charge in [-0.1, -0.05) is 6.07 Å². The molecule has 1 saturated heterocycles. The molecule has 0 spiro atoms. The lowest BCUT2D eigenvalue weighted by molar-refractivity contribution is -0.136. The van der Waals surface area contributed by atoms with Gasteiger partial charge in [0.25, 0.3) is 15.9 Å². The summed E-state index contributed by atoms with van der Waals surface area (Å²) >= 11 is 0. The Morgan fingerprint density at radius 2 is 1.72 bits per heavy atom. The SMILES string of the molecule is Cc1ccc(NS(=O)(=O)c2ccc(OCC(=O)N3CCC(C(N)=O)CC3)c(C)c2)cc1C. The lowest BCUT2D eigenvalue weighted by atomic mass is 9.96. The molecule has 0 saturated carbocycles. The van der Waals surface area contributed by atoms with Gasteiger partial charge in [-0.3, -0.25) is 14.3 Å². The van der Waals surface area contributed by atoms with Gasteiger partial charge in [-0.05, 0) is 80.6 Å². The molecule has 0 bridgehead atoms. The van der Waals surface area contributed by atoms with E-state index >= 15 is 0 Å². The number of carbonyl (C=O) groups excluding carboxylic acids is 2. The minimum Gasteiger partial charge on any atom is -0.483 e. The van der Waals surface area contributed by atoms with E-state index in [1.165, 1.54) is 12.1 Å². The number of nitrogens with two attached hydrogens (primary N) is 1. The van der Waals surface area contributed by atoms with Gasteiger partial charge < -0.3 is 15.4 Å². The Morgan fingerprint density at radius 1 is 1.03 bits per heavy atom. The van der Waals surface area contributed by atoms with E-state index in [2.05, 4.69) is 4.72 Å². The van der Waals surface area contributed by atoms with Gasteiger partial charge in [-0.15, -0.1) is 0 Å². The summed E-state index contributed by atoms with van der Waals surface area (Å²) in [5.74, 6) is -0.254. The standard InChI is InChI=1S/C23H29N3O5S/c1-15-4-5-19(12-16(15)2)25-32(29,30)20-6-7-21(17(3)13-20)31-14-22(27)26-10-8-18(9-11-26)23(24)28/h4-7,12-13,18,25H,8-11,14H2,1-3H3,(H2,24,28). The molecule has 2 aromatic carbocycles. The van der Waals surface area contributed by atoms with Crippen molar-refractivity contribution >= 4 is 27.5 Å². The van der Waals surface area contributed by atoms with Crippen molar-refractivity contribution in [3.8, 4) is 5.75 Å². The smallest absolute Gasteiger partial charge is 0.261 e. The molecule has 8 nitrogen and oxygen atoms in total. The van der Waals surface area contributed by atoms with E-state index in [0.717, 1.165) is 11.1 Å². The Balaban J connectivity index is 1.61. The van der Waals surface area contributed by atoms with Crippen molar-refractivity contribution in [1.29, 1.82) is 0 Å². The molecule has 0 atom stereocenters. The van der Waals surface area contributed by atoms with E-state index in [9.17, 15) is 18.0 Å². The second-order valence-electron chi connectivity index (χ2n) is 8.18. The summed E-state index contributed by atoms with van der Waals surface area (Å²) in [6.45, 7) is 6.39. The van der Waals surface area contributed by atoms with Crippen molar-refractivity contribution in [2.24, 2.45) is 11.7 Å². The molecule has 1 aliphatic rings. The maximum Gasteiger partial charge on any atom is 0.261 e. The molecule has 0 aliphatic carbocycles. The van der Waals surface area contributed by atoms with Gasteiger partial charge in [0.2, 0.25) is 5.91 Å². The third-order valence-corrected chi connectivity index (χ3v) is 7.20. The van der Waals surface area contributed by atoms with Crippen LogP contribution in [0.25, 0.3) is 0 Å². The monoisotopic (exact) mass is 459 g/mol. The summed E-state index contributed by atoms with van der Waals surface area (Å²) in [7, 11) is -3.76. The molecule has 0 radical (unpaired) electrons. The lowest BCUT2D eigenvalue weighted by Gasteiger charge is -2.30. The number of hydrogen-bond acceptors (Lipinski definition) is 5. The predicted octanol–water partition coefficient (Wildman–Crippen LogP) is 2.52. The van der Waals surface area contributed by atoms with Gasteiger partial charge in [0.15, 0.2) is 6.61 Å². The molecular weight excluding hydrogens is 430 g/mol. The van der Waals surface area contributed by atoms with Crippen LogP contribution in [0, 0.1) is 26.7 Å². The molecule has 2 amide bonds. The summed E-state index contributed by atoms with van der Waals surface area (Å²) in [6.07, 6.45) is 1.11. The summed E-state index contributed by atoms with van der Waals surface area (Å²) in [5.41, 5.74) is 8.50. The van der Waals surface area contributed by atoms with Crippen molar-refractivity contribution in [3.05, 3.63) is 53.1 Å². The minimum absolute atomic E-state index is 0.112. The van der Waals surface area contributed by atoms with Crippen LogP contribution >= 0.6 is 0 Å². The second kappa shape index (κ2) is 9.60. The predicted molar refractivity (Wildman–Crippen MR) is 122 cm³/mol. The van der Waals surface area contributed by atoms with Gasteiger partial charge in [-0.25, -0.2) is 8.42 Å². The zero-order chi connectivity index (χ0) is 23.5. The van der Waals surface area contributed by atoms with Gasteiger partial charge in [0.1, 0.15) is 5.75 Å². The third-order valence-electron chi connectivity index (χ3n) is 5.82. The maximum absolute atomic E-state index is 12.8. The van der Waals surface area contributed by atoms with Gasteiger partial charge in [0, 0.05) is 24.7 Å². The van der Waals surface area contributed by atoms with E-state index < -0.39 is 10.0 Å². The number of benzene rings is 2. The first-order valence-electron chi connectivity index (χ1n) is 10.5. The Labute approximate surface area is 188 Å². The quantitative estimate of drug-likeness (QED) is 0.659. The normalized spacial score (nSPS) is 14.8. The number of piperidine rings is 1. The number of nitrogens with one attached hydrogen (secondary N) is 1. The van der Waals surface area contributed by atoms with Crippen LogP contribution in [-0.4, -0.2) is 44.8 Å². The van der Waals surface area contributed by atoms with Crippen molar-refractivity contribution < 1.29 is 22.7 Å². The average molecular weight is 460 g/mol. The number of anilines is 1. The van der Waals surface area contributed by atoms with E-state index in [1.807, 2.05) is 19.9 Å². The number of hydrogen-bond donors (Lipinski definition) is 2. The molecule has 2 aromatic rings. The number of likely N-dealkylation sites (tertiary alicyclic amines) is 1. The first kappa shape index (κ1) is 23.6. The summed E-state index contributed by atoms with van der Waals surface area (Å²) in [4.78, 5) is 25.4. The van der Waals surface area contributed by atoms with Gasteiger partial charge in [0.05, 0.1) is 4.90 Å². The highest BCUT2D eigenvalue weighted by Crippen LogP contribution is 2.25. The van der Waals surface area contributed by atoms with Crippen LogP contribution in [0.1, 0.15) is 29.5 Å². The van der Waals surface area contributed by atoms with E-state index in [1.54, 1.807) is 30.0 Å². The molecule has 0 aromatic heterocycles. The summed E-state index contributed by atoms with van der Waals surface area (Å²) in [6, 6.07) is 9.90. The molecule has 172 valence electrons. The number of carbonyl (C=O) groups is 2. The van der Waals surface area contributed by atoms with Crippen molar-refractivity contribution in [2.45, 2.75) is 38.5 Å². The highest BCUT2D eigenvalue weighted by Gasteiger charge is 2.26. The van der Waals surface area contributed by atoms with Crippen LogP contribution in [0.2, 0.25) is 0 Å². The van der Waals surface area contributed by atoms with Crippen LogP contribution in [0.5, 0.6) is 5.75 Å². The third kappa shape index (κ3) is 5.59. The Morgan fingerprint density at radius 3 is 2.31 bits per heavy atom. The molecule has 0 unspecified atom stereocenters. The molecule has 1 heterocycles. The molecular formula is C23H29N3O5S. The minimum atomic E-state index is -3.76. The number of rotatable bonds is 7. The van der Waals surface area contributed by atoms with Crippen LogP contribution in [0.4, 0.5) is 5.69 Å². The fourth-order valence-corrected chi connectivity index (χ4v) is 4.75. The van der Waals surface area contributed by atoms with Crippen molar-refractivity contribution in [1.82, 2.24) is 4.90 Å². The Kier molecular flexibility index (Phi) is 7.08. The molecule has 1 aliphatic heterocycles. The fraction of sp³-hybridized carbons (Fsp3) is 0.391. The fourth-order valence-electron chi connectivity index (χ4n) is 3.61. The number of amides is 2. The van der Waals surface area contributed by atoms with Crippen LogP contribution in [0.15, 0.2) is 41.3 Å². The van der Waals surface area contributed by atoms with E-state index in [-0.39, 0.29) is 29.2 Å². The van der Waals surface area contributed by atoms with Gasteiger partial charge >= 0.3 is 0 Å². The van der Waals surface area contributed by atoms with Crippen LogP contribution in [-0.2, 0) is 19.6 Å². The topological polar surface area (TPSA) is 119 Å². The van der Waals surface area contributed by atoms with Crippen LogP contribution in [0.3, 0.4) is 0 Å². The molecule has 3 rings (SSSR count). The molecule has 3 N–H and O–H groups in total. The zero-order valence-electron chi connectivity index (χ0n) is 18.6. The van der Waals surface area contributed by atoms with Crippen molar-refractivity contribution in [2.75, 3.05) is 24.4 Å². The zero-order valence-corrected chi connectivity index (χ0v) is 19.4. The molecule has 1 fully saturated rings. The summed E-state index contributed by atoms with van der Waals surface area (Å²) in [5, 5.41) is 0. The number of aryl methyl sites for hydroxylation is 3. The maximum atomic E-state index is 12.8. The van der Waals surface area contributed by atoms with E-state index in [0.29, 0.717) is 42.9 Å². The molecule has 32 heavy (non-hydrogen) atoms. The number of sulfonamides is 1. The Bertz CT molecular complexity index is 1120. The average Bonchev–Trinajstić information content (AvgIpc) is 2.75. The van der Waals surface area contributed by atoms with Crippen LogP contribution < -0.4 is 15.2 Å².